The van der Waals surface area contributed by atoms with Crippen molar-refractivity contribution in [3.8, 4) is 0 Å². The molecule has 0 radical (unpaired) electrons. The second kappa shape index (κ2) is 32.7. The van der Waals surface area contributed by atoms with Gasteiger partial charge in [-0.1, -0.05) is 206 Å². The van der Waals surface area contributed by atoms with Gasteiger partial charge in [0.2, 0.25) is 23.1 Å². The third-order valence-electron chi connectivity index (χ3n) is 10.3. The highest BCUT2D eigenvalue weighted by molar-refractivity contribution is 8.08. The van der Waals surface area contributed by atoms with E-state index in [-0.39, 0.29) is 23.1 Å². The molecule has 0 amide bonds. The summed E-state index contributed by atoms with van der Waals surface area (Å²) >= 11 is 3.13. The second-order valence-corrected chi connectivity index (χ2v) is 17.2. The minimum Gasteiger partial charge on any atom is -0.483 e. The van der Waals surface area contributed by atoms with Crippen molar-refractivity contribution >= 4 is 35.1 Å². The van der Waals surface area contributed by atoms with Crippen LogP contribution in [0.3, 0.4) is 0 Å². The van der Waals surface area contributed by atoms with E-state index < -0.39 is 0 Å². The van der Waals surface area contributed by atoms with Gasteiger partial charge < -0.3 is 9.47 Å². The molecule has 0 atom stereocenters. The van der Waals surface area contributed by atoms with Crippen molar-refractivity contribution in [3.63, 3.8) is 0 Å². The van der Waals surface area contributed by atoms with Gasteiger partial charge in [0.05, 0.1) is 9.81 Å². The molecule has 1 aliphatic carbocycles. The van der Waals surface area contributed by atoms with Crippen LogP contribution >= 0.6 is 23.5 Å². The quantitative estimate of drug-likeness (QED) is 0.0472. The first-order chi connectivity index (χ1) is 24.7. The lowest BCUT2D eigenvalue weighted by molar-refractivity contribution is -0.123. The first kappa shape index (κ1) is 45.3. The van der Waals surface area contributed by atoms with Gasteiger partial charge in [-0.15, -0.1) is 23.5 Å². The molecular formula is C44H78O4S2. The fourth-order valence-electron chi connectivity index (χ4n) is 7.08. The van der Waals surface area contributed by atoms with E-state index in [1.165, 1.54) is 193 Å². The molecule has 0 aromatic rings. The zero-order valence-electron chi connectivity index (χ0n) is 32.9. The van der Waals surface area contributed by atoms with Gasteiger partial charge in [-0.25, -0.2) is 0 Å². The SMILES string of the molecule is CCCCCCCCCCCCCCCCCCSC1=C(SCCCCCCCCCCCCCCCCCC)C(=O)C2=C(OCCO2)C1=O. The number of thioether (sulfide) groups is 2. The number of rotatable bonds is 36. The zero-order chi connectivity index (χ0) is 35.7. The van der Waals surface area contributed by atoms with Crippen molar-refractivity contribution in [2.24, 2.45) is 0 Å². The van der Waals surface area contributed by atoms with E-state index in [0.29, 0.717) is 23.0 Å². The lowest BCUT2D eigenvalue weighted by atomic mass is 10.0. The highest BCUT2D eigenvalue weighted by Gasteiger charge is 2.39. The molecule has 2 aliphatic rings. The average Bonchev–Trinajstić information content (AvgIpc) is 3.13. The van der Waals surface area contributed by atoms with Crippen molar-refractivity contribution in [1.82, 2.24) is 0 Å². The molecule has 0 saturated heterocycles. The van der Waals surface area contributed by atoms with Gasteiger partial charge in [-0.2, -0.15) is 0 Å². The van der Waals surface area contributed by atoms with Crippen LogP contribution in [0, 0.1) is 0 Å². The first-order valence-electron chi connectivity index (χ1n) is 21.8. The minimum atomic E-state index is -0.143. The normalized spacial score (nSPS) is 14.8. The van der Waals surface area contributed by atoms with E-state index in [2.05, 4.69) is 13.8 Å². The number of Topliss-reactive ketones (excluding diaryl/α,β-unsaturated/α-hetero) is 2. The fourth-order valence-corrected chi connectivity index (χ4v) is 9.43. The summed E-state index contributed by atoms with van der Waals surface area (Å²) in [7, 11) is 0. The Morgan fingerprint density at radius 3 is 0.820 bits per heavy atom. The molecule has 0 unspecified atom stereocenters. The predicted octanol–water partition coefficient (Wildman–Crippen LogP) is 14.6. The number of ether oxygens (including phenoxy) is 2. The van der Waals surface area contributed by atoms with Gasteiger partial charge in [-0.3, -0.25) is 9.59 Å². The van der Waals surface area contributed by atoms with Crippen LogP contribution in [0.15, 0.2) is 21.3 Å². The van der Waals surface area contributed by atoms with Crippen LogP contribution in [0.25, 0.3) is 0 Å². The number of unbranched alkanes of at least 4 members (excludes halogenated alkanes) is 30. The molecular weight excluding hydrogens is 657 g/mol. The summed E-state index contributed by atoms with van der Waals surface area (Å²) in [6.45, 7) is 5.23. The van der Waals surface area contributed by atoms with E-state index >= 15 is 0 Å². The number of hydrogen-bond donors (Lipinski definition) is 0. The average molecular weight is 735 g/mol. The van der Waals surface area contributed by atoms with Crippen molar-refractivity contribution in [3.05, 3.63) is 21.3 Å². The highest BCUT2D eigenvalue weighted by atomic mass is 32.2. The van der Waals surface area contributed by atoms with Gasteiger partial charge in [0, 0.05) is 0 Å². The van der Waals surface area contributed by atoms with Gasteiger partial charge in [0.15, 0.2) is 0 Å². The van der Waals surface area contributed by atoms with Crippen LogP contribution in [0.4, 0.5) is 0 Å². The number of carbonyl (C=O) groups excluding carboxylic acids is 2. The summed E-state index contributed by atoms with van der Waals surface area (Å²) in [6.07, 6.45) is 43.3. The topological polar surface area (TPSA) is 52.6 Å². The van der Waals surface area contributed by atoms with Crippen LogP contribution in [0.1, 0.15) is 219 Å². The van der Waals surface area contributed by atoms with E-state index in [1.807, 2.05) is 0 Å². The predicted molar refractivity (Wildman–Crippen MR) is 220 cm³/mol. The molecule has 0 aromatic heterocycles. The molecule has 0 saturated carbocycles. The highest BCUT2D eigenvalue weighted by Crippen LogP contribution is 2.40. The standard InChI is InChI=1S/C44H78O4S2/c1-3-5-7-9-11-13-15-17-19-21-23-25-27-29-31-33-37-49-43-39(45)41-42(48-36-35-47-41)40(46)44(43)50-38-34-32-30-28-26-24-22-20-18-16-14-12-10-8-6-4-2/h3-38H2,1-2H3. The van der Waals surface area contributed by atoms with Crippen LogP contribution in [-0.4, -0.2) is 36.3 Å². The molecule has 290 valence electrons. The van der Waals surface area contributed by atoms with Crippen molar-refractivity contribution in [1.29, 1.82) is 0 Å². The van der Waals surface area contributed by atoms with Crippen molar-refractivity contribution in [2.75, 3.05) is 24.7 Å². The smallest absolute Gasteiger partial charge is 0.239 e. The number of hydrogen-bond acceptors (Lipinski definition) is 6. The van der Waals surface area contributed by atoms with Gasteiger partial charge >= 0.3 is 0 Å². The van der Waals surface area contributed by atoms with E-state index in [1.54, 1.807) is 23.5 Å². The van der Waals surface area contributed by atoms with E-state index in [9.17, 15) is 9.59 Å². The Bertz CT molecular complexity index is 855. The second-order valence-electron chi connectivity index (χ2n) is 15.0. The molecule has 0 aromatic carbocycles. The summed E-state index contributed by atoms with van der Waals surface area (Å²) in [5, 5.41) is 0. The van der Waals surface area contributed by atoms with Crippen molar-refractivity contribution < 1.29 is 19.1 Å². The molecule has 4 nitrogen and oxygen atoms in total. The summed E-state index contributed by atoms with van der Waals surface area (Å²) in [4.78, 5) is 28.0. The summed E-state index contributed by atoms with van der Waals surface area (Å²) in [5.41, 5.74) is 0. The van der Waals surface area contributed by atoms with Crippen LogP contribution in [0.5, 0.6) is 0 Å². The molecule has 2 rings (SSSR count). The third-order valence-corrected chi connectivity index (χ3v) is 12.8. The Kier molecular flexibility index (Phi) is 29.7. The number of carbonyl (C=O) groups is 2. The minimum absolute atomic E-state index is 0.141. The maximum Gasteiger partial charge on any atom is 0.239 e. The fraction of sp³-hybridized carbons (Fsp3) is 0.864. The Labute approximate surface area is 318 Å². The summed E-state index contributed by atoms with van der Waals surface area (Å²) in [6, 6.07) is 0. The first-order valence-corrected chi connectivity index (χ1v) is 23.8. The molecule has 6 heteroatoms. The Morgan fingerprint density at radius 1 is 0.360 bits per heavy atom. The third kappa shape index (κ3) is 21.6. The summed E-state index contributed by atoms with van der Waals surface area (Å²) < 4.78 is 11.3. The number of allylic oxidation sites excluding steroid dienone is 2. The van der Waals surface area contributed by atoms with Crippen molar-refractivity contribution in [2.45, 2.75) is 219 Å². The van der Waals surface area contributed by atoms with E-state index in [0.717, 1.165) is 24.3 Å². The maximum absolute atomic E-state index is 13.4. The Balaban J connectivity index is 1.54. The molecule has 0 spiro atoms. The molecule has 1 aliphatic heterocycles. The molecule has 1 heterocycles. The Hall–Kier alpha value is -0.880. The molecule has 0 fully saturated rings. The number of ketones is 2. The maximum atomic E-state index is 13.4. The Morgan fingerprint density at radius 2 is 0.580 bits per heavy atom. The molecule has 0 N–H and O–H groups in total. The van der Waals surface area contributed by atoms with Gasteiger partial charge in [0.1, 0.15) is 13.2 Å². The molecule has 50 heavy (non-hydrogen) atoms. The van der Waals surface area contributed by atoms with E-state index in [4.69, 9.17) is 9.47 Å². The summed E-state index contributed by atoms with van der Waals surface area (Å²) in [5.74, 6) is 1.74. The van der Waals surface area contributed by atoms with Gasteiger partial charge in [-0.05, 0) is 24.3 Å². The lowest BCUT2D eigenvalue weighted by Gasteiger charge is -2.26. The lowest BCUT2D eigenvalue weighted by Crippen LogP contribution is -2.29. The van der Waals surface area contributed by atoms with Gasteiger partial charge in [0.25, 0.3) is 0 Å². The monoisotopic (exact) mass is 735 g/mol. The van der Waals surface area contributed by atoms with Crippen LogP contribution in [-0.2, 0) is 19.1 Å². The van der Waals surface area contributed by atoms with Crippen LogP contribution in [0.2, 0.25) is 0 Å². The largest absolute Gasteiger partial charge is 0.483 e. The molecule has 0 bridgehead atoms. The van der Waals surface area contributed by atoms with Crippen LogP contribution < -0.4 is 0 Å². The zero-order valence-corrected chi connectivity index (χ0v) is 34.5.